The number of anilines is 2. The van der Waals surface area contributed by atoms with Crippen LogP contribution < -0.4 is 10.7 Å². The van der Waals surface area contributed by atoms with Crippen LogP contribution in [-0.2, 0) is 0 Å². The Kier molecular flexibility index (Phi) is 3.56. The van der Waals surface area contributed by atoms with Crippen LogP contribution in [0.3, 0.4) is 0 Å². The molecule has 8 heteroatoms. The number of hydrazone groups is 1. The average Bonchev–Trinajstić information content (AvgIpc) is 2.45. The molecular formula is C10H10F2N6. The third kappa shape index (κ3) is 2.84. The summed E-state index contributed by atoms with van der Waals surface area (Å²) in [5.41, 5.74) is 5.34. The fourth-order valence-corrected chi connectivity index (χ4v) is 1.22. The van der Waals surface area contributed by atoms with Gasteiger partial charge in [-0.2, -0.15) is 10.1 Å². The first kappa shape index (κ1) is 12.1. The van der Waals surface area contributed by atoms with Crippen LogP contribution in [-0.4, -0.2) is 35.5 Å². The van der Waals surface area contributed by atoms with Crippen LogP contribution in [0.5, 0.6) is 0 Å². The van der Waals surface area contributed by atoms with Crippen LogP contribution in [0.25, 0.3) is 0 Å². The van der Waals surface area contributed by atoms with Crippen LogP contribution in [0, 0.1) is 5.82 Å². The van der Waals surface area contributed by atoms with E-state index >= 15 is 0 Å². The Labute approximate surface area is 102 Å². The first-order valence-electron chi connectivity index (χ1n) is 5.10. The Morgan fingerprint density at radius 2 is 2.17 bits per heavy atom. The van der Waals surface area contributed by atoms with Crippen LogP contribution >= 0.6 is 0 Å². The summed E-state index contributed by atoms with van der Waals surface area (Å²) in [5.74, 6) is -1.38. The molecule has 0 unspecified atom stereocenters. The van der Waals surface area contributed by atoms with Gasteiger partial charge in [0.15, 0.2) is 11.6 Å². The van der Waals surface area contributed by atoms with Crippen molar-refractivity contribution in [2.24, 2.45) is 10.1 Å². The Morgan fingerprint density at radius 1 is 1.33 bits per heavy atom. The highest BCUT2D eigenvalue weighted by molar-refractivity contribution is 5.78. The second-order valence-corrected chi connectivity index (χ2v) is 3.37. The van der Waals surface area contributed by atoms with Gasteiger partial charge in [0.05, 0.1) is 25.5 Å². The lowest BCUT2D eigenvalue weighted by Gasteiger charge is -2.14. The highest BCUT2D eigenvalue weighted by atomic mass is 19.1. The van der Waals surface area contributed by atoms with Gasteiger partial charge in [-0.05, 0) is 6.08 Å². The molecule has 0 radical (unpaired) electrons. The van der Waals surface area contributed by atoms with Gasteiger partial charge in [0, 0.05) is 6.21 Å². The van der Waals surface area contributed by atoms with Crippen molar-refractivity contribution in [2.45, 2.75) is 0 Å². The van der Waals surface area contributed by atoms with Crippen LogP contribution in [0.4, 0.5) is 20.5 Å². The number of nitrogens with zero attached hydrogens (tertiary/aromatic N) is 5. The van der Waals surface area contributed by atoms with E-state index in [1.165, 1.54) is 17.3 Å². The Morgan fingerprint density at radius 3 is 2.94 bits per heavy atom. The van der Waals surface area contributed by atoms with Gasteiger partial charge < -0.3 is 5.73 Å². The molecule has 18 heavy (non-hydrogen) atoms. The number of allylic oxidation sites excluding steroid dienone is 1. The van der Waals surface area contributed by atoms with Gasteiger partial charge in [-0.15, -0.1) is 0 Å². The van der Waals surface area contributed by atoms with E-state index in [4.69, 9.17) is 5.73 Å². The lowest BCUT2D eigenvalue weighted by atomic mass is 10.4. The predicted octanol–water partition coefficient (Wildman–Crippen LogP) is 0.928. The molecule has 0 aromatic carbocycles. The number of hydrogen-bond donors (Lipinski definition) is 1. The fourth-order valence-electron chi connectivity index (χ4n) is 1.22. The Bertz CT molecular complexity index is 525. The average molecular weight is 252 g/mol. The maximum Gasteiger partial charge on any atom is 0.248 e. The quantitative estimate of drug-likeness (QED) is 0.806. The van der Waals surface area contributed by atoms with Crippen molar-refractivity contribution in [3.63, 3.8) is 0 Å². The van der Waals surface area contributed by atoms with Gasteiger partial charge in [-0.3, -0.25) is 4.99 Å². The van der Waals surface area contributed by atoms with E-state index < -0.39 is 11.6 Å². The molecule has 0 atom stereocenters. The molecule has 0 amide bonds. The van der Waals surface area contributed by atoms with E-state index in [1.807, 2.05) is 0 Å². The third-order valence-corrected chi connectivity index (χ3v) is 2.07. The van der Waals surface area contributed by atoms with E-state index in [1.54, 1.807) is 0 Å². The summed E-state index contributed by atoms with van der Waals surface area (Å²) in [7, 11) is 0. The van der Waals surface area contributed by atoms with Crippen molar-refractivity contribution in [1.29, 1.82) is 0 Å². The number of aromatic nitrogens is 2. The number of aliphatic imine (C=N–C) groups is 1. The Balaban J connectivity index is 2.27. The molecule has 0 aliphatic carbocycles. The topological polar surface area (TPSA) is 79.8 Å². The zero-order valence-electron chi connectivity index (χ0n) is 9.29. The zero-order chi connectivity index (χ0) is 13.0. The van der Waals surface area contributed by atoms with E-state index in [0.29, 0.717) is 0 Å². The van der Waals surface area contributed by atoms with E-state index in [-0.39, 0.29) is 24.9 Å². The zero-order valence-corrected chi connectivity index (χ0v) is 9.29. The number of rotatable bonds is 1. The van der Waals surface area contributed by atoms with Crippen LogP contribution in [0.15, 0.2) is 28.2 Å². The van der Waals surface area contributed by atoms with E-state index in [2.05, 4.69) is 20.1 Å². The Hall–Kier alpha value is -2.38. The first-order chi connectivity index (χ1) is 8.66. The maximum atomic E-state index is 13.1. The number of hydrogen-bond acceptors (Lipinski definition) is 6. The number of nitrogen functional groups attached to an aromatic ring is 1. The monoisotopic (exact) mass is 252 g/mol. The summed E-state index contributed by atoms with van der Waals surface area (Å²) in [6, 6.07) is 0. The predicted molar refractivity (Wildman–Crippen MR) is 64.8 cm³/mol. The van der Waals surface area contributed by atoms with Crippen molar-refractivity contribution in [3.8, 4) is 0 Å². The molecule has 1 aromatic rings. The van der Waals surface area contributed by atoms with Gasteiger partial charge in [-0.1, -0.05) is 0 Å². The second-order valence-electron chi connectivity index (χ2n) is 3.37. The largest absolute Gasteiger partial charge is 0.381 e. The van der Waals surface area contributed by atoms with Gasteiger partial charge in [0.2, 0.25) is 5.95 Å². The fraction of sp³-hybridized carbons (Fsp3) is 0.200. The summed E-state index contributed by atoms with van der Waals surface area (Å²) in [4.78, 5) is 11.2. The third-order valence-electron chi connectivity index (χ3n) is 2.07. The number of nitrogens with two attached hydrogens (primary N) is 1. The highest BCUT2D eigenvalue weighted by Crippen LogP contribution is 2.13. The molecule has 1 aromatic heterocycles. The lowest BCUT2D eigenvalue weighted by Crippen LogP contribution is -2.20. The highest BCUT2D eigenvalue weighted by Gasteiger charge is 2.10. The molecular weight excluding hydrogens is 242 g/mol. The molecule has 94 valence electrons. The summed E-state index contributed by atoms with van der Waals surface area (Å²) in [6.07, 6.45) is 4.77. The SMILES string of the molecule is Nc1nc(N2C/C=C(F)\C=N/C/C=N\2)ncc1F. The van der Waals surface area contributed by atoms with Gasteiger partial charge in [-0.25, -0.2) is 18.8 Å². The first-order valence-corrected chi connectivity index (χ1v) is 5.10. The standard InChI is InChI=1S/C10H10F2N6/c11-7-1-4-18(16-3-2-14-5-7)10-15-6-8(12)9(13)17-10/h1,3,5-6H,2,4H2,(H2,13,15,17)/b7-1+,14-5-,16-3-. The normalized spacial score (nSPS) is 22.3. The molecule has 1 aliphatic heterocycles. The molecule has 2 N–H and O–H groups in total. The molecule has 0 fully saturated rings. The minimum atomic E-state index is -0.711. The molecule has 0 spiro atoms. The van der Waals surface area contributed by atoms with Crippen LogP contribution in [0.2, 0.25) is 0 Å². The van der Waals surface area contributed by atoms with Crippen LogP contribution in [0.1, 0.15) is 0 Å². The van der Waals surface area contributed by atoms with Crippen molar-refractivity contribution in [2.75, 3.05) is 23.8 Å². The molecule has 2 rings (SSSR count). The summed E-state index contributed by atoms with van der Waals surface area (Å²) >= 11 is 0. The molecule has 0 saturated carbocycles. The van der Waals surface area contributed by atoms with E-state index in [9.17, 15) is 8.78 Å². The second kappa shape index (κ2) is 5.30. The molecule has 0 saturated heterocycles. The molecule has 2 heterocycles. The summed E-state index contributed by atoms with van der Waals surface area (Å²) in [6.45, 7) is 0.327. The van der Waals surface area contributed by atoms with Gasteiger partial charge in [0.1, 0.15) is 5.83 Å². The summed E-state index contributed by atoms with van der Waals surface area (Å²) in [5, 5.41) is 5.29. The molecule has 6 nitrogen and oxygen atoms in total. The van der Waals surface area contributed by atoms with Crippen molar-refractivity contribution >= 4 is 24.2 Å². The lowest BCUT2D eigenvalue weighted by molar-refractivity contribution is 0.618. The van der Waals surface area contributed by atoms with E-state index in [0.717, 1.165) is 12.4 Å². The number of halogens is 2. The molecule has 1 aliphatic rings. The minimum absolute atomic E-state index is 0.0936. The van der Waals surface area contributed by atoms with Crippen molar-refractivity contribution < 1.29 is 8.78 Å². The molecule has 0 bridgehead atoms. The smallest absolute Gasteiger partial charge is 0.248 e. The van der Waals surface area contributed by atoms with Gasteiger partial charge in [0.25, 0.3) is 0 Å². The van der Waals surface area contributed by atoms with Crippen molar-refractivity contribution in [1.82, 2.24) is 9.97 Å². The maximum absolute atomic E-state index is 13.1. The summed E-state index contributed by atoms with van der Waals surface area (Å²) < 4.78 is 26.1. The van der Waals surface area contributed by atoms with Gasteiger partial charge >= 0.3 is 0 Å². The minimum Gasteiger partial charge on any atom is -0.381 e. The van der Waals surface area contributed by atoms with Crippen molar-refractivity contribution in [3.05, 3.63) is 23.9 Å².